The Labute approximate surface area is 235 Å². The number of imidazole rings is 1. The molecule has 7 nitrogen and oxygen atoms in total. The van der Waals surface area contributed by atoms with Crippen LogP contribution in [0.1, 0.15) is 70.8 Å². The van der Waals surface area contributed by atoms with Crippen LogP contribution in [0.5, 0.6) is 0 Å². The zero-order valence-corrected chi connectivity index (χ0v) is 24.2. The predicted molar refractivity (Wildman–Crippen MR) is 156 cm³/mol. The zero-order chi connectivity index (χ0) is 28.6. The summed E-state index contributed by atoms with van der Waals surface area (Å²) >= 11 is 0. The molecule has 0 aliphatic carbocycles. The van der Waals surface area contributed by atoms with E-state index in [0.717, 1.165) is 25.8 Å². The number of rotatable bonds is 8. The summed E-state index contributed by atoms with van der Waals surface area (Å²) in [5.41, 5.74) is 2.45. The number of pyridine rings is 1. The largest absolute Gasteiger partial charge is 0.326 e. The van der Waals surface area contributed by atoms with Crippen LogP contribution in [-0.2, 0) is 0 Å². The molecule has 0 radical (unpaired) electrons. The minimum Gasteiger partial charge on any atom is -0.326 e. The maximum atomic E-state index is 15.0. The van der Waals surface area contributed by atoms with E-state index in [9.17, 15) is 4.39 Å². The first kappa shape index (κ1) is 28.1. The van der Waals surface area contributed by atoms with E-state index in [0.29, 0.717) is 40.5 Å². The highest BCUT2D eigenvalue weighted by atomic mass is 19.1. The number of halogens is 2. The molecule has 1 N–H and O–H groups in total. The van der Waals surface area contributed by atoms with Gasteiger partial charge in [-0.15, -0.1) is 0 Å². The minimum absolute atomic E-state index is 0.0161. The molecular formula is C31H39F2N7. The van der Waals surface area contributed by atoms with Gasteiger partial charge in [-0.3, -0.25) is 0 Å². The first-order valence-electron chi connectivity index (χ1n) is 14.3. The average molecular weight is 548 g/mol. The van der Waals surface area contributed by atoms with E-state index in [2.05, 4.69) is 57.0 Å². The van der Waals surface area contributed by atoms with Gasteiger partial charge in [-0.05, 0) is 94.8 Å². The van der Waals surface area contributed by atoms with Crippen molar-refractivity contribution in [2.75, 3.05) is 25.0 Å². The maximum Gasteiger partial charge on any atom is 0.229 e. The first-order valence-corrected chi connectivity index (χ1v) is 14.3. The fraction of sp³-hybridized carbons (Fsp3) is 0.484. The molecule has 4 aromatic rings. The topological polar surface area (TPSA) is 71.8 Å². The number of aromatic nitrogens is 5. The van der Waals surface area contributed by atoms with Gasteiger partial charge in [0.25, 0.3) is 0 Å². The molecule has 0 unspecified atom stereocenters. The van der Waals surface area contributed by atoms with Gasteiger partial charge < -0.3 is 14.8 Å². The van der Waals surface area contributed by atoms with Crippen molar-refractivity contribution in [3.8, 4) is 11.3 Å². The number of anilines is 2. The molecule has 1 aromatic carbocycles. The van der Waals surface area contributed by atoms with Crippen LogP contribution in [0.4, 0.5) is 20.5 Å². The Hall–Kier alpha value is -3.46. The monoisotopic (exact) mass is 547 g/mol. The van der Waals surface area contributed by atoms with E-state index in [1.807, 2.05) is 37.6 Å². The molecule has 1 fully saturated rings. The van der Waals surface area contributed by atoms with Gasteiger partial charge >= 0.3 is 0 Å². The zero-order valence-electron chi connectivity index (χ0n) is 24.2. The van der Waals surface area contributed by atoms with E-state index < -0.39 is 11.6 Å². The smallest absolute Gasteiger partial charge is 0.229 e. The Morgan fingerprint density at radius 1 is 0.975 bits per heavy atom. The highest BCUT2D eigenvalue weighted by Gasteiger charge is 2.29. The van der Waals surface area contributed by atoms with E-state index in [1.165, 1.54) is 24.5 Å². The number of fused-ring (bicyclic) bond motifs is 1. The standard InChI is InChI=1S/C31H39F2N7/c1-7-39-12-10-21(11-13-39)28(18(2)3)22-8-9-27(34-16-22)37-31-35-17-25(33)29(38-31)23-14-24(32)30-26(15-23)40(19(4)5)20(6)36-30/h8-9,14-19,21,28H,7,10-13H2,1-6H3,(H,34,35,37,38)/t28-/m1/s1. The second-order valence-corrected chi connectivity index (χ2v) is 11.5. The molecule has 1 atom stereocenters. The molecule has 4 heterocycles. The molecule has 0 spiro atoms. The number of aryl methyl sites for hydroxylation is 1. The normalized spacial score (nSPS) is 15.8. The Morgan fingerprint density at radius 2 is 1.73 bits per heavy atom. The van der Waals surface area contributed by atoms with E-state index in [4.69, 9.17) is 0 Å². The average Bonchev–Trinajstić information content (AvgIpc) is 3.27. The van der Waals surface area contributed by atoms with Crippen molar-refractivity contribution in [1.82, 2.24) is 29.4 Å². The maximum absolute atomic E-state index is 15.0. The van der Waals surface area contributed by atoms with E-state index >= 15 is 4.39 Å². The number of piperidine rings is 1. The van der Waals surface area contributed by atoms with Gasteiger partial charge in [-0.1, -0.05) is 26.8 Å². The Balaban J connectivity index is 1.39. The van der Waals surface area contributed by atoms with Gasteiger partial charge in [0, 0.05) is 17.8 Å². The Bertz CT molecular complexity index is 1470. The molecule has 0 bridgehead atoms. The van der Waals surface area contributed by atoms with E-state index in [1.54, 1.807) is 6.07 Å². The Morgan fingerprint density at radius 3 is 2.35 bits per heavy atom. The summed E-state index contributed by atoms with van der Waals surface area (Å²) in [6.45, 7) is 16.0. The highest BCUT2D eigenvalue weighted by Crippen LogP contribution is 2.38. The minimum atomic E-state index is -0.631. The van der Waals surface area contributed by atoms with Gasteiger partial charge in [0.15, 0.2) is 11.6 Å². The van der Waals surface area contributed by atoms with Crippen LogP contribution in [0.25, 0.3) is 22.3 Å². The quantitative estimate of drug-likeness (QED) is 0.250. The summed E-state index contributed by atoms with van der Waals surface area (Å²) in [6.07, 6.45) is 5.44. The van der Waals surface area contributed by atoms with Crippen LogP contribution in [0.2, 0.25) is 0 Å². The number of hydrogen-bond donors (Lipinski definition) is 1. The second-order valence-electron chi connectivity index (χ2n) is 11.5. The van der Waals surface area contributed by atoms with Gasteiger partial charge in [-0.2, -0.15) is 0 Å². The van der Waals surface area contributed by atoms with Crippen molar-refractivity contribution in [2.45, 2.75) is 66.3 Å². The number of nitrogens with zero attached hydrogens (tertiary/aromatic N) is 6. The molecule has 212 valence electrons. The third kappa shape index (κ3) is 5.57. The molecule has 0 amide bonds. The molecular weight excluding hydrogens is 508 g/mol. The SMILES string of the molecule is CCN1CCC([C@H](c2ccc(Nc3ncc(F)c(-c4cc(F)c5nc(C)n(C(C)C)c5c4)n3)nc2)C(C)C)CC1. The van der Waals surface area contributed by atoms with Crippen LogP contribution in [0, 0.1) is 30.4 Å². The fourth-order valence-electron chi connectivity index (χ4n) is 6.31. The lowest BCUT2D eigenvalue weighted by molar-refractivity contribution is 0.160. The van der Waals surface area contributed by atoms with Crippen molar-refractivity contribution in [1.29, 1.82) is 0 Å². The number of nitrogens with one attached hydrogen (secondary N) is 1. The van der Waals surface area contributed by atoms with Crippen LogP contribution in [0.15, 0.2) is 36.7 Å². The molecule has 1 aliphatic rings. The third-order valence-electron chi connectivity index (χ3n) is 8.18. The third-order valence-corrected chi connectivity index (χ3v) is 8.18. The summed E-state index contributed by atoms with van der Waals surface area (Å²) in [5, 5.41) is 3.10. The molecule has 9 heteroatoms. The summed E-state index contributed by atoms with van der Waals surface area (Å²) in [6, 6.07) is 7.13. The summed E-state index contributed by atoms with van der Waals surface area (Å²) in [4.78, 5) is 20.1. The number of likely N-dealkylation sites (tertiary alicyclic amines) is 1. The predicted octanol–water partition coefficient (Wildman–Crippen LogP) is 7.27. The van der Waals surface area contributed by atoms with Crippen molar-refractivity contribution in [3.63, 3.8) is 0 Å². The van der Waals surface area contributed by atoms with Crippen LogP contribution in [-0.4, -0.2) is 49.0 Å². The van der Waals surface area contributed by atoms with Gasteiger partial charge in [0.1, 0.15) is 22.9 Å². The lowest BCUT2D eigenvalue weighted by atomic mass is 9.74. The van der Waals surface area contributed by atoms with E-state index in [-0.39, 0.29) is 23.2 Å². The summed E-state index contributed by atoms with van der Waals surface area (Å²) in [5.74, 6) is 1.91. The van der Waals surface area contributed by atoms with Crippen molar-refractivity contribution >= 4 is 22.8 Å². The lowest BCUT2D eigenvalue weighted by Gasteiger charge is -2.37. The van der Waals surface area contributed by atoms with Crippen LogP contribution in [0.3, 0.4) is 0 Å². The molecule has 1 saturated heterocycles. The summed E-state index contributed by atoms with van der Waals surface area (Å²) < 4.78 is 31.9. The van der Waals surface area contributed by atoms with Gasteiger partial charge in [0.2, 0.25) is 5.95 Å². The molecule has 40 heavy (non-hydrogen) atoms. The van der Waals surface area contributed by atoms with Gasteiger partial charge in [0.05, 0.1) is 11.7 Å². The highest BCUT2D eigenvalue weighted by molar-refractivity contribution is 5.83. The number of benzene rings is 1. The molecule has 1 aliphatic heterocycles. The van der Waals surface area contributed by atoms with Crippen molar-refractivity contribution in [3.05, 3.63) is 59.7 Å². The molecule has 0 saturated carbocycles. The molecule has 3 aromatic heterocycles. The van der Waals surface area contributed by atoms with Crippen LogP contribution >= 0.6 is 0 Å². The lowest BCUT2D eigenvalue weighted by Crippen LogP contribution is -2.36. The van der Waals surface area contributed by atoms with Crippen molar-refractivity contribution in [2.24, 2.45) is 11.8 Å². The van der Waals surface area contributed by atoms with Crippen molar-refractivity contribution < 1.29 is 8.78 Å². The first-order chi connectivity index (χ1) is 19.2. The van der Waals surface area contributed by atoms with Crippen LogP contribution < -0.4 is 5.32 Å². The second kappa shape index (κ2) is 11.6. The fourth-order valence-corrected chi connectivity index (χ4v) is 6.31. The van der Waals surface area contributed by atoms with Gasteiger partial charge in [-0.25, -0.2) is 28.7 Å². The Kier molecular flexibility index (Phi) is 8.12. The summed E-state index contributed by atoms with van der Waals surface area (Å²) in [7, 11) is 0. The molecule has 5 rings (SSSR count). The number of hydrogen-bond acceptors (Lipinski definition) is 6.